The molecule has 0 aliphatic carbocycles. The second-order valence-corrected chi connectivity index (χ2v) is 3.24. The number of hydrogen-bond donors (Lipinski definition) is 3. The van der Waals surface area contributed by atoms with E-state index in [9.17, 15) is 10.2 Å². The first-order valence-corrected chi connectivity index (χ1v) is 3.86. The lowest BCUT2D eigenvalue weighted by atomic mass is 10.0. The van der Waals surface area contributed by atoms with Crippen molar-refractivity contribution in [2.45, 2.75) is 24.5 Å². The van der Waals surface area contributed by atoms with Gasteiger partial charge in [0.1, 0.15) is 6.10 Å². The number of likely N-dealkylation sites (N-methyl/N-ethyl adjacent to an activating group) is 1. The van der Waals surface area contributed by atoms with Crippen LogP contribution in [0.15, 0.2) is 0 Å². The summed E-state index contributed by atoms with van der Waals surface area (Å²) in [5, 5.41) is 27.9. The van der Waals surface area contributed by atoms with Crippen molar-refractivity contribution in [1.29, 1.82) is 0 Å². The van der Waals surface area contributed by atoms with E-state index in [1.54, 1.807) is 19.0 Å². The Labute approximate surface area is 71.2 Å². The molecule has 1 fully saturated rings. The number of rotatable bonds is 1. The van der Waals surface area contributed by atoms with Crippen molar-refractivity contribution in [2.75, 3.05) is 20.7 Å². The summed E-state index contributed by atoms with van der Waals surface area (Å²) >= 11 is 0. The van der Waals surface area contributed by atoms with Crippen LogP contribution in [0, 0.1) is 0 Å². The Morgan fingerprint density at radius 3 is 2.25 bits per heavy atom. The van der Waals surface area contributed by atoms with Gasteiger partial charge in [0, 0.05) is 0 Å². The smallest absolute Gasteiger partial charge is 0.182 e. The first-order chi connectivity index (χ1) is 5.54. The van der Waals surface area contributed by atoms with Gasteiger partial charge in [0.2, 0.25) is 0 Å². The maximum absolute atomic E-state index is 9.40. The van der Waals surface area contributed by atoms with Crippen LogP contribution in [-0.4, -0.2) is 65.5 Å². The summed E-state index contributed by atoms with van der Waals surface area (Å²) in [7, 11) is 3.46. The van der Waals surface area contributed by atoms with Gasteiger partial charge >= 0.3 is 0 Å². The van der Waals surface area contributed by atoms with Crippen LogP contribution in [0.2, 0.25) is 0 Å². The molecular weight excluding hydrogens is 162 g/mol. The van der Waals surface area contributed by atoms with Gasteiger partial charge in [-0.15, -0.1) is 0 Å². The molecule has 0 aromatic carbocycles. The van der Waals surface area contributed by atoms with Gasteiger partial charge in [-0.3, -0.25) is 0 Å². The van der Waals surface area contributed by atoms with E-state index in [4.69, 9.17) is 9.84 Å². The van der Waals surface area contributed by atoms with E-state index >= 15 is 0 Å². The minimum atomic E-state index is -1.19. The lowest BCUT2D eigenvalue weighted by Gasteiger charge is -2.39. The molecule has 5 heteroatoms. The van der Waals surface area contributed by atoms with Crippen LogP contribution >= 0.6 is 0 Å². The zero-order valence-corrected chi connectivity index (χ0v) is 7.21. The molecule has 4 atom stereocenters. The highest BCUT2D eigenvalue weighted by molar-refractivity contribution is 4.87. The molecule has 4 unspecified atom stereocenters. The summed E-state index contributed by atoms with van der Waals surface area (Å²) in [6.07, 6.45) is -3.00. The third-order valence-electron chi connectivity index (χ3n) is 2.07. The van der Waals surface area contributed by atoms with Crippen molar-refractivity contribution in [2.24, 2.45) is 0 Å². The molecular formula is C7H15NO4. The van der Waals surface area contributed by atoms with Gasteiger partial charge in [-0.2, -0.15) is 0 Å². The highest BCUT2D eigenvalue weighted by Gasteiger charge is 2.38. The third kappa shape index (κ3) is 1.75. The topological polar surface area (TPSA) is 73.2 Å². The molecule has 3 N–H and O–H groups in total. The molecule has 0 spiro atoms. The van der Waals surface area contributed by atoms with Gasteiger partial charge in [0.15, 0.2) is 6.29 Å². The quantitative estimate of drug-likeness (QED) is 0.431. The number of ether oxygens (including phenoxy) is 1. The fourth-order valence-electron chi connectivity index (χ4n) is 1.44. The van der Waals surface area contributed by atoms with Crippen LogP contribution in [0.5, 0.6) is 0 Å². The largest absolute Gasteiger partial charge is 0.389 e. The first kappa shape index (κ1) is 9.88. The average molecular weight is 177 g/mol. The van der Waals surface area contributed by atoms with E-state index < -0.39 is 24.5 Å². The van der Waals surface area contributed by atoms with Gasteiger partial charge in [0.25, 0.3) is 0 Å². The molecule has 0 amide bonds. The van der Waals surface area contributed by atoms with Crippen LogP contribution in [-0.2, 0) is 4.74 Å². The Kier molecular flexibility index (Phi) is 3.03. The van der Waals surface area contributed by atoms with Gasteiger partial charge in [-0.25, -0.2) is 0 Å². The Bertz CT molecular complexity index is 152. The first-order valence-electron chi connectivity index (χ1n) is 3.86. The van der Waals surface area contributed by atoms with E-state index in [2.05, 4.69) is 0 Å². The zero-order valence-electron chi connectivity index (χ0n) is 7.21. The molecule has 1 saturated heterocycles. The Balaban J connectivity index is 2.65. The van der Waals surface area contributed by atoms with Gasteiger partial charge in [-0.1, -0.05) is 0 Å². The highest BCUT2D eigenvalue weighted by Crippen LogP contribution is 2.16. The second-order valence-electron chi connectivity index (χ2n) is 3.24. The summed E-state index contributed by atoms with van der Waals surface area (Å²) in [6.45, 7) is 0.0566. The SMILES string of the molecule is CN(C)C1C(O)COC(O)C1O. The summed E-state index contributed by atoms with van der Waals surface area (Å²) < 4.78 is 4.71. The number of aliphatic hydroxyl groups excluding tert-OH is 3. The molecule has 0 aromatic heterocycles. The fraction of sp³-hybridized carbons (Fsp3) is 1.00. The van der Waals surface area contributed by atoms with Gasteiger partial charge in [0.05, 0.1) is 18.8 Å². The van der Waals surface area contributed by atoms with Crippen LogP contribution in [0.3, 0.4) is 0 Å². The summed E-state index contributed by atoms with van der Waals surface area (Å²) in [5.74, 6) is 0. The molecule has 1 rings (SSSR count). The molecule has 0 saturated carbocycles. The highest BCUT2D eigenvalue weighted by atomic mass is 16.6. The molecule has 0 bridgehead atoms. The Morgan fingerprint density at radius 1 is 1.25 bits per heavy atom. The summed E-state index contributed by atoms with van der Waals surface area (Å²) in [6, 6.07) is -0.464. The molecule has 1 aliphatic rings. The average Bonchev–Trinajstić information content (AvgIpc) is 1.97. The van der Waals surface area contributed by atoms with E-state index in [1.165, 1.54) is 0 Å². The molecule has 1 aliphatic heterocycles. The predicted octanol–water partition coefficient (Wildman–Crippen LogP) is -2.01. The Hall–Kier alpha value is -0.200. The van der Waals surface area contributed by atoms with E-state index in [-0.39, 0.29) is 6.61 Å². The summed E-state index contributed by atoms with van der Waals surface area (Å²) in [5.41, 5.74) is 0. The molecule has 0 aromatic rings. The van der Waals surface area contributed by atoms with Crippen molar-refractivity contribution in [3.63, 3.8) is 0 Å². The normalized spacial score (nSPS) is 43.5. The molecule has 0 radical (unpaired) electrons. The van der Waals surface area contributed by atoms with E-state index in [0.717, 1.165) is 0 Å². The van der Waals surface area contributed by atoms with Crippen LogP contribution in [0.25, 0.3) is 0 Å². The van der Waals surface area contributed by atoms with Crippen molar-refractivity contribution in [3.05, 3.63) is 0 Å². The Morgan fingerprint density at radius 2 is 1.83 bits per heavy atom. The molecule has 1 heterocycles. The second kappa shape index (κ2) is 3.68. The maximum Gasteiger partial charge on any atom is 0.182 e. The molecule has 72 valence electrons. The lowest BCUT2D eigenvalue weighted by molar-refractivity contribution is -0.236. The van der Waals surface area contributed by atoms with E-state index in [1.807, 2.05) is 0 Å². The lowest BCUT2D eigenvalue weighted by Crippen LogP contribution is -2.58. The van der Waals surface area contributed by atoms with Crippen molar-refractivity contribution < 1.29 is 20.1 Å². The van der Waals surface area contributed by atoms with Crippen molar-refractivity contribution >= 4 is 0 Å². The molecule has 5 nitrogen and oxygen atoms in total. The van der Waals surface area contributed by atoms with Crippen molar-refractivity contribution in [1.82, 2.24) is 4.90 Å². The number of nitrogens with zero attached hydrogens (tertiary/aromatic N) is 1. The monoisotopic (exact) mass is 177 g/mol. The maximum atomic E-state index is 9.40. The van der Waals surface area contributed by atoms with Crippen LogP contribution in [0.1, 0.15) is 0 Å². The fourth-order valence-corrected chi connectivity index (χ4v) is 1.44. The molecule has 12 heavy (non-hydrogen) atoms. The van der Waals surface area contributed by atoms with Crippen LogP contribution in [0.4, 0.5) is 0 Å². The zero-order chi connectivity index (χ0) is 9.30. The minimum Gasteiger partial charge on any atom is -0.389 e. The standard InChI is InChI=1S/C7H15NO4/c1-8(2)5-4(9)3-12-7(11)6(5)10/h4-7,9-11H,3H2,1-2H3. The number of aliphatic hydroxyl groups is 3. The van der Waals surface area contributed by atoms with Gasteiger partial charge in [-0.05, 0) is 14.1 Å². The number of hydrogen-bond acceptors (Lipinski definition) is 5. The van der Waals surface area contributed by atoms with Crippen molar-refractivity contribution in [3.8, 4) is 0 Å². The van der Waals surface area contributed by atoms with Crippen LogP contribution < -0.4 is 0 Å². The predicted molar refractivity (Wildman–Crippen MR) is 41.4 cm³/mol. The minimum absolute atomic E-state index is 0.0566. The summed E-state index contributed by atoms with van der Waals surface area (Å²) in [4.78, 5) is 1.67. The van der Waals surface area contributed by atoms with E-state index in [0.29, 0.717) is 0 Å². The third-order valence-corrected chi connectivity index (χ3v) is 2.07. The van der Waals surface area contributed by atoms with Gasteiger partial charge < -0.3 is 25.0 Å².